The van der Waals surface area contributed by atoms with Crippen LogP contribution in [-0.4, -0.2) is 50.7 Å². The fraction of sp³-hybridized carbons (Fsp3) is 0.424. The Kier molecular flexibility index (Phi) is 10.4. The third kappa shape index (κ3) is 8.62. The summed E-state index contributed by atoms with van der Waals surface area (Å²) >= 11 is 12.7. The Bertz CT molecular complexity index is 1280. The molecule has 0 bridgehead atoms. The first-order chi connectivity index (χ1) is 19.9. The van der Waals surface area contributed by atoms with E-state index in [1.807, 2.05) is 12.1 Å². The summed E-state index contributed by atoms with van der Waals surface area (Å²) in [6, 6.07) is 20.9. The molecule has 218 valence electrons. The van der Waals surface area contributed by atoms with Gasteiger partial charge in [0.2, 0.25) is 0 Å². The number of hydrogen-bond donors (Lipinski definition) is 3. The molecule has 6 nitrogen and oxygen atoms in total. The van der Waals surface area contributed by atoms with Crippen LogP contribution in [0.3, 0.4) is 0 Å². The molecule has 2 saturated heterocycles. The number of carbonyl (C=O) groups is 1. The van der Waals surface area contributed by atoms with Crippen LogP contribution in [-0.2, 0) is 13.2 Å². The van der Waals surface area contributed by atoms with Gasteiger partial charge in [-0.3, -0.25) is 4.90 Å². The van der Waals surface area contributed by atoms with Crippen LogP contribution in [0.4, 0.5) is 4.79 Å². The zero-order valence-electron chi connectivity index (χ0n) is 23.7. The average Bonchev–Trinajstić information content (AvgIpc) is 2.99. The van der Waals surface area contributed by atoms with Crippen LogP contribution in [0.2, 0.25) is 10.0 Å². The van der Waals surface area contributed by atoms with E-state index in [0.717, 1.165) is 74.6 Å². The minimum absolute atomic E-state index is 0.113. The first-order valence-electron chi connectivity index (χ1n) is 14.7. The molecule has 2 fully saturated rings. The van der Waals surface area contributed by atoms with Crippen LogP contribution in [0, 0.1) is 5.92 Å². The Morgan fingerprint density at radius 2 is 1.56 bits per heavy atom. The van der Waals surface area contributed by atoms with Gasteiger partial charge >= 0.3 is 6.03 Å². The molecule has 0 saturated carbocycles. The molecule has 41 heavy (non-hydrogen) atoms. The highest BCUT2D eigenvalue weighted by atomic mass is 35.5. The summed E-state index contributed by atoms with van der Waals surface area (Å²) in [5.74, 6) is 2.02. The quantitative estimate of drug-likeness (QED) is 0.253. The lowest BCUT2D eigenvalue weighted by Crippen LogP contribution is -2.40. The number of nitrogens with zero attached hydrogens (tertiary/aromatic N) is 1. The highest BCUT2D eigenvalue weighted by Gasteiger charge is 2.20. The second kappa shape index (κ2) is 14.4. The molecule has 0 unspecified atom stereocenters. The van der Waals surface area contributed by atoms with Gasteiger partial charge in [0.25, 0.3) is 0 Å². The minimum atomic E-state index is -0.113. The van der Waals surface area contributed by atoms with E-state index in [0.29, 0.717) is 28.5 Å². The standard InChI is InChI=1S/C33H40Cl2N4O2/c1-36-33(40)38-20-23-8-12-39(13-9-23)21-24-14-25(16-28(15-24)29-17-30(34)19-31(35)18-29)22-41-32-4-2-26(3-5-32)27-6-10-37-11-7-27/h2-5,14-19,23,27,37H,6-13,20-22H2,1H3,(H2,36,38,40). The summed E-state index contributed by atoms with van der Waals surface area (Å²) in [5.41, 5.74) is 5.82. The predicted molar refractivity (Wildman–Crippen MR) is 168 cm³/mol. The molecule has 0 atom stereocenters. The summed E-state index contributed by atoms with van der Waals surface area (Å²) in [6.07, 6.45) is 4.51. The molecular weight excluding hydrogens is 555 g/mol. The minimum Gasteiger partial charge on any atom is -0.489 e. The number of carbonyl (C=O) groups excluding carboxylic acids is 1. The molecule has 0 radical (unpaired) electrons. The van der Waals surface area contributed by atoms with E-state index in [4.69, 9.17) is 27.9 Å². The smallest absolute Gasteiger partial charge is 0.314 e. The third-order valence-electron chi connectivity index (χ3n) is 8.24. The summed E-state index contributed by atoms with van der Waals surface area (Å²) in [4.78, 5) is 14.0. The van der Waals surface area contributed by atoms with Gasteiger partial charge in [0.05, 0.1) is 0 Å². The zero-order chi connectivity index (χ0) is 28.6. The largest absolute Gasteiger partial charge is 0.489 e. The summed E-state index contributed by atoms with van der Waals surface area (Å²) in [5, 5.41) is 10.3. The number of urea groups is 1. The van der Waals surface area contributed by atoms with Gasteiger partial charge in [-0.05, 0) is 134 Å². The summed E-state index contributed by atoms with van der Waals surface area (Å²) < 4.78 is 6.27. The lowest BCUT2D eigenvalue weighted by Gasteiger charge is -2.32. The molecule has 2 amide bonds. The molecule has 3 N–H and O–H groups in total. The Morgan fingerprint density at radius 3 is 2.24 bits per heavy atom. The van der Waals surface area contributed by atoms with Crippen molar-refractivity contribution in [2.45, 2.75) is 44.8 Å². The normalized spacial score (nSPS) is 16.9. The number of nitrogens with one attached hydrogen (secondary N) is 3. The van der Waals surface area contributed by atoms with Crippen molar-refractivity contribution >= 4 is 29.2 Å². The van der Waals surface area contributed by atoms with E-state index in [-0.39, 0.29) is 6.03 Å². The van der Waals surface area contributed by atoms with Crippen LogP contribution in [0.5, 0.6) is 5.75 Å². The molecule has 2 heterocycles. The number of hydrogen-bond acceptors (Lipinski definition) is 4. The van der Waals surface area contributed by atoms with Crippen LogP contribution in [0.15, 0.2) is 60.7 Å². The molecule has 5 rings (SSSR count). The van der Waals surface area contributed by atoms with Gasteiger partial charge in [-0.2, -0.15) is 0 Å². The highest BCUT2D eigenvalue weighted by Crippen LogP contribution is 2.31. The summed E-state index contributed by atoms with van der Waals surface area (Å²) in [7, 11) is 1.65. The maximum Gasteiger partial charge on any atom is 0.314 e. The van der Waals surface area contributed by atoms with Gasteiger partial charge in [-0.25, -0.2) is 4.79 Å². The van der Waals surface area contributed by atoms with Crippen molar-refractivity contribution in [1.82, 2.24) is 20.9 Å². The molecule has 8 heteroatoms. The first-order valence-corrected chi connectivity index (χ1v) is 15.4. The van der Waals surface area contributed by atoms with Gasteiger partial charge in [-0.15, -0.1) is 0 Å². The number of piperidine rings is 2. The molecular formula is C33H40Cl2N4O2. The Labute approximate surface area is 253 Å². The average molecular weight is 596 g/mol. The number of benzene rings is 3. The highest BCUT2D eigenvalue weighted by molar-refractivity contribution is 6.35. The molecule has 0 aliphatic carbocycles. The maximum absolute atomic E-state index is 11.5. The topological polar surface area (TPSA) is 65.6 Å². The van der Waals surface area contributed by atoms with Crippen molar-refractivity contribution in [2.24, 2.45) is 5.92 Å². The van der Waals surface area contributed by atoms with Gasteiger partial charge in [0, 0.05) is 30.2 Å². The number of ether oxygens (including phenoxy) is 1. The molecule has 0 aromatic heterocycles. The van der Waals surface area contributed by atoms with Crippen molar-refractivity contribution in [1.29, 1.82) is 0 Å². The van der Waals surface area contributed by atoms with Gasteiger partial charge in [0.1, 0.15) is 12.4 Å². The molecule has 3 aromatic carbocycles. The zero-order valence-corrected chi connectivity index (χ0v) is 25.2. The SMILES string of the molecule is CNC(=O)NCC1CCN(Cc2cc(COc3ccc(C4CCNCC4)cc3)cc(-c3cc(Cl)cc(Cl)c3)c2)CC1. The van der Waals surface area contributed by atoms with Gasteiger partial charge in [-0.1, -0.05) is 41.4 Å². The van der Waals surface area contributed by atoms with Gasteiger partial charge in [0.15, 0.2) is 0 Å². The van der Waals surface area contributed by atoms with Crippen molar-refractivity contribution < 1.29 is 9.53 Å². The Balaban J connectivity index is 1.27. The summed E-state index contributed by atoms with van der Waals surface area (Å²) in [6.45, 7) is 6.24. The fourth-order valence-electron chi connectivity index (χ4n) is 5.91. The number of rotatable bonds is 9. The van der Waals surface area contributed by atoms with E-state index in [1.165, 1.54) is 24.0 Å². The van der Waals surface area contributed by atoms with Crippen LogP contribution in [0.25, 0.3) is 11.1 Å². The Hall–Kier alpha value is -2.77. The molecule has 0 spiro atoms. The molecule has 2 aliphatic heterocycles. The van der Waals surface area contributed by atoms with Crippen LogP contribution < -0.4 is 20.7 Å². The van der Waals surface area contributed by atoms with E-state index in [9.17, 15) is 4.79 Å². The lowest BCUT2D eigenvalue weighted by molar-refractivity contribution is 0.175. The maximum atomic E-state index is 11.5. The van der Waals surface area contributed by atoms with Crippen molar-refractivity contribution in [2.75, 3.05) is 39.8 Å². The number of likely N-dealkylation sites (tertiary alicyclic amines) is 1. The second-order valence-corrected chi connectivity index (χ2v) is 12.1. The van der Waals surface area contributed by atoms with Crippen molar-refractivity contribution in [3.63, 3.8) is 0 Å². The number of halogens is 2. The van der Waals surface area contributed by atoms with Crippen LogP contribution in [0.1, 0.15) is 48.3 Å². The van der Waals surface area contributed by atoms with Crippen molar-refractivity contribution in [3.8, 4) is 16.9 Å². The van der Waals surface area contributed by atoms with E-state index in [2.05, 4.69) is 63.3 Å². The predicted octanol–water partition coefficient (Wildman–Crippen LogP) is 6.85. The van der Waals surface area contributed by atoms with E-state index in [1.54, 1.807) is 13.1 Å². The van der Waals surface area contributed by atoms with E-state index < -0.39 is 0 Å². The number of amides is 2. The van der Waals surface area contributed by atoms with Gasteiger partial charge < -0.3 is 20.7 Å². The lowest BCUT2D eigenvalue weighted by atomic mass is 9.90. The fourth-order valence-corrected chi connectivity index (χ4v) is 6.44. The van der Waals surface area contributed by atoms with E-state index >= 15 is 0 Å². The second-order valence-electron chi connectivity index (χ2n) is 11.3. The molecule has 3 aromatic rings. The first kappa shape index (κ1) is 29.7. The van der Waals surface area contributed by atoms with Crippen LogP contribution >= 0.6 is 23.2 Å². The third-order valence-corrected chi connectivity index (χ3v) is 8.67. The molecule has 2 aliphatic rings. The monoisotopic (exact) mass is 594 g/mol. The van der Waals surface area contributed by atoms with Crippen molar-refractivity contribution in [3.05, 3.63) is 87.4 Å². The Morgan fingerprint density at radius 1 is 0.902 bits per heavy atom.